The number of benzene rings is 2. The summed E-state index contributed by atoms with van der Waals surface area (Å²) < 4.78 is 2.19. The Morgan fingerprint density at radius 3 is 2.74 bits per heavy atom. The van der Waals surface area contributed by atoms with Gasteiger partial charge < -0.3 is 20.4 Å². The quantitative estimate of drug-likeness (QED) is 0.192. The zero-order chi connectivity index (χ0) is 27.1. The van der Waals surface area contributed by atoms with Crippen molar-refractivity contribution in [3.63, 3.8) is 0 Å². The van der Waals surface area contributed by atoms with E-state index in [0.717, 1.165) is 5.56 Å². The number of pyridine rings is 1. The number of hydrogen-bond donors (Lipinski definition) is 4. The fourth-order valence-corrected chi connectivity index (χ4v) is 5.21. The number of nitrogens with one attached hydrogen (secondary N) is 2. The molecule has 0 spiro atoms. The Morgan fingerprint density at radius 1 is 1.18 bits per heavy atom. The number of aliphatic hydroxyl groups is 1. The van der Waals surface area contributed by atoms with Crippen molar-refractivity contribution in [3.05, 3.63) is 94.6 Å². The Hall–Kier alpha value is -4.81. The average molecular weight is 545 g/mol. The van der Waals surface area contributed by atoms with Crippen molar-refractivity contribution in [2.24, 2.45) is 0 Å². The predicted molar refractivity (Wildman–Crippen MR) is 140 cm³/mol. The molecule has 0 bridgehead atoms. The third-order valence-electron chi connectivity index (χ3n) is 6.77. The summed E-state index contributed by atoms with van der Waals surface area (Å²) in [7, 11) is 0. The number of tetrazole rings is 1. The second kappa shape index (κ2) is 9.49. The van der Waals surface area contributed by atoms with E-state index in [0.29, 0.717) is 62.8 Å². The van der Waals surface area contributed by atoms with Crippen LogP contribution < -0.4 is 10.0 Å². The van der Waals surface area contributed by atoms with Gasteiger partial charge >= 0.3 is 6.09 Å². The van der Waals surface area contributed by atoms with Gasteiger partial charge in [-0.1, -0.05) is 23.7 Å². The number of carboxylic acid groups (broad SMARTS) is 1. The zero-order valence-corrected chi connectivity index (χ0v) is 21.0. The fourth-order valence-electron chi connectivity index (χ4n) is 5.04. The number of anilines is 1. The number of carbonyl (C=O) groups is 1. The molecule has 0 radical (unpaired) electrons. The molecule has 5 aromatic rings. The molecule has 6 rings (SSSR count). The lowest BCUT2D eigenvalue weighted by molar-refractivity contribution is -0.622. The SMILES string of the molecule is O=C(O)Nc1ccc(-c2cnc(C3(O)CCCc4cc(-c5cc(Cl)ccc5-n5cnnn5)c[n+]([O-])c43)[nH]2)cc1. The Bertz CT molecular complexity index is 1690. The molecule has 1 aliphatic rings. The second-order valence-corrected chi connectivity index (χ2v) is 9.65. The number of aromatic amines is 1. The highest BCUT2D eigenvalue weighted by Gasteiger charge is 2.46. The lowest BCUT2D eigenvalue weighted by Crippen LogP contribution is -2.47. The van der Waals surface area contributed by atoms with E-state index in [1.807, 2.05) is 6.07 Å². The Morgan fingerprint density at radius 2 is 2.00 bits per heavy atom. The molecule has 0 saturated carbocycles. The smallest absolute Gasteiger partial charge is 0.409 e. The lowest BCUT2D eigenvalue weighted by atomic mass is 9.81. The first kappa shape index (κ1) is 24.5. The molecule has 196 valence electrons. The minimum absolute atomic E-state index is 0.213. The van der Waals surface area contributed by atoms with E-state index in [2.05, 4.69) is 30.8 Å². The van der Waals surface area contributed by atoms with Crippen LogP contribution in [0.4, 0.5) is 10.5 Å². The van der Waals surface area contributed by atoms with Crippen LogP contribution in [0.15, 0.2) is 67.3 Å². The topological polar surface area (TPSA) is 169 Å². The van der Waals surface area contributed by atoms with Crippen LogP contribution in [-0.2, 0) is 12.0 Å². The average Bonchev–Trinajstić information content (AvgIpc) is 3.62. The summed E-state index contributed by atoms with van der Waals surface area (Å²) in [6.07, 6.45) is 4.83. The minimum atomic E-state index is -1.64. The highest BCUT2D eigenvalue weighted by Crippen LogP contribution is 2.40. The number of rotatable bonds is 5. The Kier molecular flexibility index (Phi) is 5.97. The van der Waals surface area contributed by atoms with Gasteiger partial charge in [-0.2, -0.15) is 9.41 Å². The largest absolute Gasteiger partial charge is 0.618 e. The predicted octanol–water partition coefficient (Wildman–Crippen LogP) is 3.67. The molecule has 1 amide bonds. The molecule has 4 N–H and O–H groups in total. The monoisotopic (exact) mass is 544 g/mol. The van der Waals surface area contributed by atoms with Crippen molar-refractivity contribution in [1.82, 2.24) is 30.2 Å². The van der Waals surface area contributed by atoms with Crippen molar-refractivity contribution < 1.29 is 19.7 Å². The number of nitrogens with zero attached hydrogens (tertiary/aromatic N) is 6. The van der Waals surface area contributed by atoms with Crippen LogP contribution in [0.25, 0.3) is 28.1 Å². The van der Waals surface area contributed by atoms with Gasteiger partial charge in [0.05, 0.1) is 17.6 Å². The number of amides is 1. The van der Waals surface area contributed by atoms with Crippen molar-refractivity contribution >= 4 is 23.4 Å². The number of H-pyrrole nitrogens is 1. The van der Waals surface area contributed by atoms with Gasteiger partial charge in [-0.05, 0) is 71.7 Å². The number of hydrogen-bond acceptors (Lipinski definition) is 7. The third-order valence-corrected chi connectivity index (χ3v) is 7.00. The molecule has 12 nitrogen and oxygen atoms in total. The Balaban J connectivity index is 1.38. The zero-order valence-electron chi connectivity index (χ0n) is 20.2. The summed E-state index contributed by atoms with van der Waals surface area (Å²) >= 11 is 6.29. The number of fused-ring (bicyclic) bond motifs is 1. The van der Waals surface area contributed by atoms with Gasteiger partial charge in [-0.3, -0.25) is 5.32 Å². The van der Waals surface area contributed by atoms with Crippen molar-refractivity contribution in [3.8, 4) is 28.1 Å². The number of aromatic nitrogens is 7. The molecule has 2 aromatic carbocycles. The van der Waals surface area contributed by atoms with Crippen LogP contribution in [0.2, 0.25) is 5.02 Å². The Labute approximate surface area is 226 Å². The summed E-state index contributed by atoms with van der Waals surface area (Å²) in [6, 6.07) is 13.8. The van der Waals surface area contributed by atoms with E-state index in [1.54, 1.807) is 48.7 Å². The molecule has 13 heteroatoms. The molecule has 3 aromatic heterocycles. The highest BCUT2D eigenvalue weighted by atomic mass is 35.5. The molecule has 0 saturated heterocycles. The standard InChI is InChI=1S/C26H21ClN8O4/c27-18-5-8-22(34-14-29-32-33-34)20(11-18)17-10-16-2-1-9-26(38,23(16)35(39)13-17)24-28-12-21(31-24)15-3-6-19(7-4-15)30-25(36)37/h3-8,10-14,30,38H,1-2,9H2,(H,28,31)(H,36,37). The maximum Gasteiger partial charge on any atom is 0.409 e. The second-order valence-electron chi connectivity index (χ2n) is 9.21. The number of imidazole rings is 1. The molecule has 0 fully saturated rings. The molecule has 3 heterocycles. The van der Waals surface area contributed by atoms with Crippen LogP contribution in [0.5, 0.6) is 0 Å². The molecule has 1 aliphatic carbocycles. The van der Waals surface area contributed by atoms with Gasteiger partial charge in [0.1, 0.15) is 12.2 Å². The molecule has 1 atom stereocenters. The molecule has 1 unspecified atom stereocenters. The van der Waals surface area contributed by atoms with Crippen molar-refractivity contribution in [2.75, 3.05) is 5.32 Å². The normalized spacial score (nSPS) is 16.6. The summed E-state index contributed by atoms with van der Waals surface area (Å²) in [5.41, 5.74) is 2.98. The molecular formula is C26H21ClN8O4. The van der Waals surface area contributed by atoms with Crippen molar-refractivity contribution in [2.45, 2.75) is 24.9 Å². The van der Waals surface area contributed by atoms with Gasteiger partial charge in [0, 0.05) is 27.4 Å². The van der Waals surface area contributed by atoms with E-state index in [9.17, 15) is 15.1 Å². The van der Waals surface area contributed by atoms with Gasteiger partial charge in [0.15, 0.2) is 6.20 Å². The number of aryl methyl sites for hydroxylation is 1. The van der Waals surface area contributed by atoms with Crippen molar-refractivity contribution in [1.29, 1.82) is 0 Å². The van der Waals surface area contributed by atoms with Gasteiger partial charge in [-0.25, -0.2) is 9.78 Å². The van der Waals surface area contributed by atoms with Crippen LogP contribution in [-0.4, -0.2) is 46.5 Å². The summed E-state index contributed by atoms with van der Waals surface area (Å²) in [5.74, 6) is 0.251. The maximum absolute atomic E-state index is 13.5. The van der Waals surface area contributed by atoms with E-state index in [-0.39, 0.29) is 11.5 Å². The fraction of sp³-hybridized carbons (Fsp3) is 0.154. The van der Waals surface area contributed by atoms with Crippen LogP contribution in [0.3, 0.4) is 0 Å². The summed E-state index contributed by atoms with van der Waals surface area (Å²) in [4.78, 5) is 18.4. The number of halogens is 1. The minimum Gasteiger partial charge on any atom is -0.618 e. The first-order chi connectivity index (χ1) is 18.8. The van der Waals surface area contributed by atoms with Crippen LogP contribution in [0.1, 0.15) is 29.9 Å². The summed E-state index contributed by atoms with van der Waals surface area (Å²) in [5, 5.41) is 48.4. The van der Waals surface area contributed by atoms with E-state index >= 15 is 0 Å². The van der Waals surface area contributed by atoms with E-state index < -0.39 is 11.7 Å². The highest BCUT2D eigenvalue weighted by molar-refractivity contribution is 6.31. The maximum atomic E-state index is 13.5. The molecule has 0 aliphatic heterocycles. The summed E-state index contributed by atoms with van der Waals surface area (Å²) in [6.45, 7) is 0. The third kappa shape index (κ3) is 4.45. The first-order valence-electron chi connectivity index (χ1n) is 12.0. The van der Waals surface area contributed by atoms with Gasteiger partial charge in [0.2, 0.25) is 11.3 Å². The van der Waals surface area contributed by atoms with Gasteiger partial charge in [0.25, 0.3) is 0 Å². The van der Waals surface area contributed by atoms with E-state index in [4.69, 9.17) is 16.7 Å². The van der Waals surface area contributed by atoms with E-state index in [1.165, 1.54) is 17.2 Å². The molecule has 39 heavy (non-hydrogen) atoms. The van der Waals surface area contributed by atoms with Crippen LogP contribution >= 0.6 is 11.6 Å². The van der Waals surface area contributed by atoms with Gasteiger partial charge in [-0.15, -0.1) is 5.10 Å². The first-order valence-corrected chi connectivity index (χ1v) is 12.4. The van der Waals surface area contributed by atoms with Crippen LogP contribution in [0, 0.1) is 5.21 Å². The molecular weight excluding hydrogens is 524 g/mol. The lowest BCUT2D eigenvalue weighted by Gasteiger charge is -2.30.